The van der Waals surface area contributed by atoms with E-state index in [2.05, 4.69) is 15.3 Å². The monoisotopic (exact) mass is 383 g/mol. The largest absolute Gasteiger partial charge is 0.495 e. The van der Waals surface area contributed by atoms with Crippen LogP contribution in [0.3, 0.4) is 0 Å². The van der Waals surface area contributed by atoms with Crippen molar-refractivity contribution in [1.29, 1.82) is 0 Å². The minimum absolute atomic E-state index is 0.159. The Kier molecular flexibility index (Phi) is 4.57. The number of esters is 1. The summed E-state index contributed by atoms with van der Waals surface area (Å²) in [6, 6.07) is 5.87. The van der Waals surface area contributed by atoms with Crippen LogP contribution in [0.2, 0.25) is 0 Å². The third-order valence-corrected chi connectivity index (χ3v) is 5.17. The molecule has 1 N–H and O–H groups in total. The molecule has 1 saturated heterocycles. The van der Waals surface area contributed by atoms with Crippen LogP contribution in [-0.4, -0.2) is 42.3 Å². The van der Waals surface area contributed by atoms with E-state index in [1.807, 2.05) is 18.2 Å². The molecule has 0 radical (unpaired) electrons. The summed E-state index contributed by atoms with van der Waals surface area (Å²) in [5.41, 5.74) is 1.74. The molecule has 0 spiro atoms. The van der Waals surface area contributed by atoms with E-state index in [0.717, 1.165) is 18.4 Å². The van der Waals surface area contributed by atoms with E-state index in [-0.39, 0.29) is 11.5 Å². The first-order valence-electron chi connectivity index (χ1n) is 8.43. The first-order valence-corrected chi connectivity index (χ1v) is 9.24. The van der Waals surface area contributed by atoms with Crippen molar-refractivity contribution in [2.45, 2.75) is 18.9 Å². The second-order valence-electron chi connectivity index (χ2n) is 6.20. The average Bonchev–Trinajstić information content (AvgIpc) is 3.42. The van der Waals surface area contributed by atoms with Crippen molar-refractivity contribution in [3.05, 3.63) is 40.4 Å². The summed E-state index contributed by atoms with van der Waals surface area (Å²) in [4.78, 5) is 33.5. The zero-order valence-electron chi connectivity index (χ0n) is 14.8. The number of nitrogens with zero attached hydrogens (tertiary/aromatic N) is 2. The number of methoxy groups -OCH3 is 2. The van der Waals surface area contributed by atoms with Gasteiger partial charge in [-0.3, -0.25) is 14.8 Å². The Hall–Kier alpha value is -2.87. The lowest BCUT2D eigenvalue weighted by Crippen LogP contribution is -2.20. The van der Waals surface area contributed by atoms with E-state index in [1.165, 1.54) is 32.2 Å². The lowest BCUT2D eigenvalue weighted by Gasteiger charge is -2.10. The molecular formula is C19H17N3O4S. The predicted octanol–water partition coefficient (Wildman–Crippen LogP) is 2.75. The van der Waals surface area contributed by atoms with Gasteiger partial charge in [0, 0.05) is 11.6 Å². The Morgan fingerprint density at radius 1 is 1.37 bits per heavy atom. The summed E-state index contributed by atoms with van der Waals surface area (Å²) in [7, 11) is 2.80. The molecule has 2 aliphatic rings. The fourth-order valence-corrected chi connectivity index (χ4v) is 3.65. The summed E-state index contributed by atoms with van der Waals surface area (Å²) in [6.45, 7) is 0. The fraction of sp³-hybridized carbons (Fsp3) is 0.263. The van der Waals surface area contributed by atoms with Gasteiger partial charge in [0.15, 0.2) is 5.17 Å². The van der Waals surface area contributed by atoms with Gasteiger partial charge in [-0.25, -0.2) is 4.79 Å². The van der Waals surface area contributed by atoms with Gasteiger partial charge < -0.3 is 14.8 Å². The van der Waals surface area contributed by atoms with Crippen molar-refractivity contribution in [2.75, 3.05) is 14.2 Å². The summed E-state index contributed by atoms with van der Waals surface area (Å²) in [5, 5.41) is 4.12. The van der Waals surface area contributed by atoms with Crippen molar-refractivity contribution < 1.29 is 19.1 Å². The molecule has 1 aromatic carbocycles. The number of benzene rings is 1. The molecule has 0 unspecified atom stereocenters. The summed E-state index contributed by atoms with van der Waals surface area (Å²) < 4.78 is 10.2. The van der Waals surface area contributed by atoms with E-state index in [4.69, 9.17) is 9.47 Å². The molecule has 4 rings (SSSR count). The Labute approximate surface area is 159 Å². The summed E-state index contributed by atoms with van der Waals surface area (Å²) in [6.07, 6.45) is 5.39. The average molecular weight is 383 g/mol. The number of hydrogen-bond acceptors (Lipinski definition) is 7. The number of rotatable bonds is 4. The second-order valence-corrected chi connectivity index (χ2v) is 7.23. The van der Waals surface area contributed by atoms with Crippen LogP contribution < -0.4 is 10.1 Å². The number of hydrogen-bond donors (Lipinski definition) is 1. The van der Waals surface area contributed by atoms with Gasteiger partial charge in [-0.15, -0.1) is 0 Å². The van der Waals surface area contributed by atoms with Crippen LogP contribution >= 0.6 is 11.8 Å². The minimum Gasteiger partial charge on any atom is -0.495 e. The van der Waals surface area contributed by atoms with E-state index < -0.39 is 5.97 Å². The first-order chi connectivity index (χ1) is 13.1. The maximum atomic E-state index is 12.2. The lowest BCUT2D eigenvalue weighted by molar-refractivity contribution is -0.115. The third kappa shape index (κ3) is 3.52. The number of amides is 1. The van der Waals surface area contributed by atoms with Crippen LogP contribution in [0.1, 0.15) is 28.8 Å². The van der Waals surface area contributed by atoms with Crippen LogP contribution in [0, 0.1) is 0 Å². The van der Waals surface area contributed by atoms with E-state index in [1.54, 1.807) is 6.08 Å². The molecule has 2 aromatic rings. The highest BCUT2D eigenvalue weighted by Gasteiger charge is 2.28. The maximum Gasteiger partial charge on any atom is 0.343 e. The number of nitrogens with one attached hydrogen (secondary N) is 1. The molecule has 1 aromatic heterocycles. The maximum absolute atomic E-state index is 12.2. The highest BCUT2D eigenvalue weighted by molar-refractivity contribution is 8.18. The van der Waals surface area contributed by atoms with E-state index in [9.17, 15) is 9.59 Å². The Bertz CT molecular complexity index is 1010. The van der Waals surface area contributed by atoms with Crippen molar-refractivity contribution in [3.63, 3.8) is 0 Å². The molecule has 1 aliphatic carbocycles. The van der Waals surface area contributed by atoms with Gasteiger partial charge in [0.1, 0.15) is 11.3 Å². The molecule has 2 heterocycles. The zero-order valence-corrected chi connectivity index (χ0v) is 15.6. The van der Waals surface area contributed by atoms with Crippen LogP contribution in [-0.2, 0) is 9.53 Å². The van der Waals surface area contributed by atoms with Crippen molar-refractivity contribution in [2.24, 2.45) is 4.99 Å². The normalized spacial score (nSPS) is 19.6. The number of ether oxygens (including phenoxy) is 2. The van der Waals surface area contributed by atoms with Crippen LogP contribution in [0.25, 0.3) is 17.0 Å². The van der Waals surface area contributed by atoms with Gasteiger partial charge in [0.2, 0.25) is 0 Å². The molecule has 27 heavy (non-hydrogen) atoms. The molecule has 8 heteroatoms. The van der Waals surface area contributed by atoms with Gasteiger partial charge >= 0.3 is 5.97 Å². The summed E-state index contributed by atoms with van der Waals surface area (Å²) in [5.74, 6) is -0.281. The van der Waals surface area contributed by atoms with Gasteiger partial charge in [-0.1, -0.05) is 6.07 Å². The van der Waals surface area contributed by atoms with Crippen LogP contribution in [0.5, 0.6) is 5.75 Å². The Balaban J connectivity index is 1.72. The third-order valence-electron chi connectivity index (χ3n) is 4.25. The zero-order chi connectivity index (χ0) is 19.0. The minimum atomic E-state index is -0.517. The number of thioether (sulfide) groups is 1. The molecule has 1 saturated carbocycles. The lowest BCUT2D eigenvalue weighted by atomic mass is 10.1. The number of fused-ring (bicyclic) bond motifs is 1. The first kappa shape index (κ1) is 17.5. The number of aliphatic imine (C=N–C) groups is 1. The molecule has 1 amide bonds. The highest BCUT2D eigenvalue weighted by Crippen LogP contribution is 2.33. The van der Waals surface area contributed by atoms with Crippen LogP contribution in [0.4, 0.5) is 0 Å². The number of aromatic nitrogens is 1. The molecular weight excluding hydrogens is 366 g/mol. The van der Waals surface area contributed by atoms with Crippen molar-refractivity contribution in [1.82, 2.24) is 10.3 Å². The second kappa shape index (κ2) is 7.03. The number of pyridine rings is 1. The van der Waals surface area contributed by atoms with Gasteiger partial charge in [-0.05, 0) is 48.4 Å². The fourth-order valence-electron chi connectivity index (χ4n) is 2.76. The standard InChI is InChI=1S/C19H17N3O4S/c1-25-16-12-7-10(3-6-14(12)20-9-13(16)18(24)26-2)8-15-17(23)22-19(27-15)21-11-4-5-11/h3,6-9,11H,4-5H2,1-2H3,(H,21,22,23)/b15-8-. The molecule has 138 valence electrons. The Morgan fingerprint density at radius 2 is 2.19 bits per heavy atom. The highest BCUT2D eigenvalue weighted by atomic mass is 32.2. The Morgan fingerprint density at radius 3 is 2.89 bits per heavy atom. The van der Waals surface area contributed by atoms with Crippen LogP contribution in [0.15, 0.2) is 34.3 Å². The van der Waals surface area contributed by atoms with Gasteiger partial charge in [0.25, 0.3) is 5.91 Å². The topological polar surface area (TPSA) is 89.9 Å². The number of carbonyl (C=O) groups excluding carboxylic acids is 2. The van der Waals surface area contributed by atoms with Gasteiger partial charge in [0.05, 0.1) is 30.7 Å². The molecule has 2 fully saturated rings. The molecule has 0 bridgehead atoms. The van der Waals surface area contributed by atoms with Gasteiger partial charge in [-0.2, -0.15) is 0 Å². The SMILES string of the molecule is COC(=O)c1cnc2ccc(/C=C3\SC(=NC4CC4)NC3=O)cc2c1OC. The quantitative estimate of drug-likeness (QED) is 0.645. The molecule has 0 atom stereocenters. The number of amidine groups is 1. The smallest absolute Gasteiger partial charge is 0.343 e. The summed E-state index contributed by atoms with van der Waals surface area (Å²) >= 11 is 1.34. The van der Waals surface area contributed by atoms with E-state index in [0.29, 0.717) is 32.8 Å². The van der Waals surface area contributed by atoms with Crippen molar-refractivity contribution >= 4 is 45.8 Å². The molecule has 1 aliphatic heterocycles. The number of carbonyl (C=O) groups is 2. The molecule has 7 nitrogen and oxygen atoms in total. The predicted molar refractivity (Wildman–Crippen MR) is 104 cm³/mol. The van der Waals surface area contributed by atoms with E-state index >= 15 is 0 Å². The van der Waals surface area contributed by atoms with Crippen molar-refractivity contribution in [3.8, 4) is 5.75 Å².